The molecular weight excluding hydrogens is 508 g/mol. The molecule has 0 heterocycles. The number of ether oxygens (including phenoxy) is 1. The van der Waals surface area contributed by atoms with Gasteiger partial charge in [0.2, 0.25) is 5.78 Å². The van der Waals surface area contributed by atoms with E-state index in [0.717, 1.165) is 19.2 Å². The molecule has 0 aliphatic rings. The summed E-state index contributed by atoms with van der Waals surface area (Å²) in [6, 6.07) is 1.98. The molecule has 10 nitrogen and oxygen atoms in total. The Morgan fingerprint density at radius 3 is 2.22 bits per heavy atom. The van der Waals surface area contributed by atoms with Gasteiger partial charge in [0, 0.05) is 31.6 Å². The fraction of sp³-hybridized carbons (Fsp3) is 0.550. The minimum Gasteiger partial charge on any atom is -0.530 e. The zero-order valence-electron chi connectivity index (χ0n) is 18.8. The molecule has 202 valence electrons. The van der Waals surface area contributed by atoms with Gasteiger partial charge in [0.1, 0.15) is 11.8 Å². The molecule has 1 unspecified atom stereocenters. The molecule has 0 radical (unpaired) electrons. The van der Waals surface area contributed by atoms with Crippen LogP contribution in [0.4, 0.5) is 36.8 Å². The maximum Gasteiger partial charge on any atom is 0.471 e. The number of alkyl halides is 6. The number of carbonyl (C=O) groups excluding carboxylic acids is 3. The lowest BCUT2D eigenvalue weighted by atomic mass is 10.0. The van der Waals surface area contributed by atoms with Crippen molar-refractivity contribution in [2.75, 3.05) is 20.2 Å². The molecule has 0 aliphatic heterocycles. The first kappa shape index (κ1) is 30.4. The highest BCUT2D eigenvalue weighted by molar-refractivity contribution is 5.83. The Kier molecular flexibility index (Phi) is 10.9. The maximum absolute atomic E-state index is 12.8. The highest BCUT2D eigenvalue weighted by Gasteiger charge is 2.40. The number of non-ortho nitro benzene ring substituents is 1. The molecule has 1 aromatic rings. The summed E-state index contributed by atoms with van der Waals surface area (Å²) in [4.78, 5) is 44.5. The third kappa shape index (κ3) is 9.95. The van der Waals surface area contributed by atoms with E-state index in [4.69, 9.17) is 4.74 Å². The second-order valence-corrected chi connectivity index (χ2v) is 7.55. The number of amides is 2. The largest absolute Gasteiger partial charge is 0.530 e. The number of nitro groups is 1. The summed E-state index contributed by atoms with van der Waals surface area (Å²) >= 11 is 0. The Morgan fingerprint density at radius 1 is 1.08 bits per heavy atom. The van der Waals surface area contributed by atoms with Crippen LogP contribution in [0.3, 0.4) is 0 Å². The van der Waals surface area contributed by atoms with Crippen LogP contribution in [-0.2, 0) is 16.0 Å². The van der Waals surface area contributed by atoms with Gasteiger partial charge in [-0.05, 0) is 37.3 Å². The number of hydrogen-bond donors (Lipinski definition) is 1. The van der Waals surface area contributed by atoms with Crippen molar-refractivity contribution in [2.45, 2.75) is 50.5 Å². The molecule has 16 heteroatoms. The number of nitrogens with one attached hydrogen (secondary N) is 1. The standard InChI is InChI=1S/C20H23F6N3O7/c1-36-15-11-14(29(34)35)6-5-12(15)10-13(27-17(31)20(24,25)26)7-9-28(18(32)33)8-3-2-4-16(30)19(21,22)23/h5-6,11,13H,2-4,7-10H2,1H3,(H,27,31)(H,32,33)/p-1. The first-order valence-electron chi connectivity index (χ1n) is 10.3. The highest BCUT2D eigenvalue weighted by atomic mass is 19.4. The molecule has 0 saturated heterocycles. The van der Waals surface area contributed by atoms with Crippen LogP contribution in [0.5, 0.6) is 5.75 Å². The summed E-state index contributed by atoms with van der Waals surface area (Å²) in [5.41, 5.74) is -0.181. The van der Waals surface area contributed by atoms with Crippen molar-refractivity contribution in [3.05, 3.63) is 33.9 Å². The number of nitrogens with zero attached hydrogens (tertiary/aromatic N) is 2. The predicted molar refractivity (Wildman–Crippen MR) is 108 cm³/mol. The van der Waals surface area contributed by atoms with E-state index in [2.05, 4.69) is 0 Å². The molecular formula is C20H22F6N3O7-. The molecule has 1 atom stereocenters. The van der Waals surface area contributed by atoms with Gasteiger partial charge < -0.3 is 24.9 Å². The lowest BCUT2D eigenvalue weighted by Gasteiger charge is -2.28. The molecule has 0 spiro atoms. The van der Waals surface area contributed by atoms with Crippen molar-refractivity contribution in [1.82, 2.24) is 10.2 Å². The number of hydrogen-bond acceptors (Lipinski definition) is 7. The number of Topliss-reactive ketones (excluding diaryl/α,β-unsaturated/α-hetero) is 1. The average molecular weight is 530 g/mol. The Hall–Kier alpha value is -3.59. The fourth-order valence-electron chi connectivity index (χ4n) is 3.11. The van der Waals surface area contributed by atoms with E-state index in [0.29, 0.717) is 4.90 Å². The Labute approximate surface area is 200 Å². The van der Waals surface area contributed by atoms with Crippen molar-refractivity contribution >= 4 is 23.5 Å². The second-order valence-electron chi connectivity index (χ2n) is 7.55. The molecule has 1 rings (SSSR count). The number of methoxy groups -OCH3 is 1. The van der Waals surface area contributed by atoms with Crippen molar-refractivity contribution in [3.8, 4) is 5.75 Å². The smallest absolute Gasteiger partial charge is 0.471 e. The van der Waals surface area contributed by atoms with Crippen LogP contribution < -0.4 is 15.2 Å². The van der Waals surface area contributed by atoms with E-state index in [1.165, 1.54) is 6.07 Å². The molecule has 0 aromatic heterocycles. The number of carboxylic acid groups (broad SMARTS) is 1. The van der Waals surface area contributed by atoms with E-state index in [-0.39, 0.29) is 49.2 Å². The number of rotatable bonds is 13. The molecule has 0 saturated carbocycles. The monoisotopic (exact) mass is 530 g/mol. The number of unbranched alkanes of at least 4 members (excludes halogenated alkanes) is 1. The Morgan fingerprint density at radius 2 is 1.72 bits per heavy atom. The molecule has 0 fully saturated rings. The second kappa shape index (κ2) is 12.9. The number of ketones is 1. The minimum atomic E-state index is -5.25. The fourth-order valence-corrected chi connectivity index (χ4v) is 3.11. The average Bonchev–Trinajstić information content (AvgIpc) is 2.76. The lowest BCUT2D eigenvalue weighted by molar-refractivity contribution is -0.384. The molecule has 1 N–H and O–H groups in total. The first-order chi connectivity index (χ1) is 16.6. The summed E-state index contributed by atoms with van der Waals surface area (Å²) in [5, 5.41) is 24.0. The van der Waals surface area contributed by atoms with Gasteiger partial charge in [-0.3, -0.25) is 19.7 Å². The van der Waals surface area contributed by atoms with Crippen LogP contribution in [0.2, 0.25) is 0 Å². The van der Waals surface area contributed by atoms with E-state index in [1.54, 1.807) is 5.32 Å². The van der Waals surface area contributed by atoms with Crippen molar-refractivity contribution in [3.63, 3.8) is 0 Å². The zero-order chi connectivity index (χ0) is 27.7. The normalized spacial score (nSPS) is 12.5. The number of nitro benzene ring substituents is 1. The highest BCUT2D eigenvalue weighted by Crippen LogP contribution is 2.27. The Bertz CT molecular complexity index is 953. The van der Waals surface area contributed by atoms with Crippen molar-refractivity contribution in [1.29, 1.82) is 0 Å². The predicted octanol–water partition coefficient (Wildman–Crippen LogP) is 2.53. The number of halogens is 6. The number of carbonyl (C=O) groups is 3. The van der Waals surface area contributed by atoms with Gasteiger partial charge in [-0.15, -0.1) is 0 Å². The topological polar surface area (TPSA) is 142 Å². The van der Waals surface area contributed by atoms with Crippen molar-refractivity contribution < 1.29 is 55.5 Å². The van der Waals surface area contributed by atoms with Gasteiger partial charge in [-0.1, -0.05) is 0 Å². The molecule has 1 aromatic carbocycles. The van der Waals surface area contributed by atoms with Crippen LogP contribution in [0.15, 0.2) is 18.2 Å². The molecule has 2 amide bonds. The van der Waals surface area contributed by atoms with Gasteiger partial charge in [0.05, 0.1) is 18.1 Å². The third-order valence-corrected chi connectivity index (χ3v) is 4.94. The van der Waals surface area contributed by atoms with E-state index in [1.807, 2.05) is 0 Å². The van der Waals surface area contributed by atoms with Gasteiger partial charge in [0.15, 0.2) is 0 Å². The quantitative estimate of drug-likeness (QED) is 0.179. The van der Waals surface area contributed by atoms with E-state index < -0.39 is 54.1 Å². The summed E-state index contributed by atoms with van der Waals surface area (Å²) in [6.45, 7) is -0.831. The Balaban J connectivity index is 2.93. The van der Waals surface area contributed by atoms with Gasteiger partial charge in [-0.2, -0.15) is 26.3 Å². The first-order valence-corrected chi connectivity index (χ1v) is 10.3. The van der Waals surface area contributed by atoms with Gasteiger partial charge in [-0.25, -0.2) is 0 Å². The van der Waals surface area contributed by atoms with Gasteiger partial charge >= 0.3 is 18.3 Å². The van der Waals surface area contributed by atoms with Crippen LogP contribution >= 0.6 is 0 Å². The minimum absolute atomic E-state index is 0.0541. The molecule has 36 heavy (non-hydrogen) atoms. The van der Waals surface area contributed by atoms with Crippen LogP contribution in [0.25, 0.3) is 0 Å². The maximum atomic E-state index is 12.8. The van der Waals surface area contributed by atoms with Gasteiger partial charge in [0.25, 0.3) is 5.69 Å². The zero-order valence-corrected chi connectivity index (χ0v) is 18.8. The molecule has 0 aliphatic carbocycles. The van der Waals surface area contributed by atoms with Crippen LogP contribution in [-0.4, -0.2) is 66.2 Å². The number of benzene rings is 1. The third-order valence-electron chi connectivity index (χ3n) is 4.94. The lowest BCUT2D eigenvalue weighted by Crippen LogP contribution is -2.47. The summed E-state index contributed by atoms with van der Waals surface area (Å²) in [7, 11) is 1.16. The summed E-state index contributed by atoms with van der Waals surface area (Å²) in [5.74, 6) is -4.34. The van der Waals surface area contributed by atoms with E-state index >= 15 is 0 Å². The van der Waals surface area contributed by atoms with Crippen molar-refractivity contribution in [2.24, 2.45) is 0 Å². The SMILES string of the molecule is COc1cc([N+](=O)[O-])ccc1CC(CCN(CCCCC(=O)C(F)(F)F)C(=O)[O-])NC(=O)C(F)(F)F. The van der Waals surface area contributed by atoms with Crippen LogP contribution in [0.1, 0.15) is 31.2 Å². The summed E-state index contributed by atoms with van der Waals surface area (Å²) < 4.78 is 80.1. The van der Waals surface area contributed by atoms with Crippen LogP contribution in [0, 0.1) is 10.1 Å². The van der Waals surface area contributed by atoms with E-state index in [9.17, 15) is 55.9 Å². The summed E-state index contributed by atoms with van der Waals surface area (Å²) in [6.07, 6.45) is -14.1. The molecule has 0 bridgehead atoms.